The van der Waals surface area contributed by atoms with Gasteiger partial charge in [0.05, 0.1) is 6.54 Å². The van der Waals surface area contributed by atoms with Crippen LogP contribution in [0.25, 0.3) is 0 Å². The van der Waals surface area contributed by atoms with Crippen molar-refractivity contribution in [2.75, 3.05) is 37.0 Å². The van der Waals surface area contributed by atoms with Gasteiger partial charge in [-0.2, -0.15) is 0 Å². The summed E-state index contributed by atoms with van der Waals surface area (Å²) in [6, 6.07) is 1.71. The Bertz CT molecular complexity index is 418. The first-order valence-corrected chi connectivity index (χ1v) is 5.98. The maximum Gasteiger partial charge on any atom is 0.242 e. The van der Waals surface area contributed by atoms with Gasteiger partial charge in [-0.1, -0.05) is 0 Å². The third-order valence-electron chi connectivity index (χ3n) is 3.02. The number of likely N-dealkylation sites (tertiary alicyclic amines) is 1. The second kappa shape index (κ2) is 5.63. The Morgan fingerprint density at radius 3 is 2.89 bits per heavy atom. The van der Waals surface area contributed by atoms with Crippen LogP contribution in [0.5, 0.6) is 0 Å². The van der Waals surface area contributed by atoms with Crippen LogP contribution < -0.4 is 16.2 Å². The average Bonchev–Trinajstić information content (AvgIpc) is 2.92. The quantitative estimate of drug-likeness (QED) is 0.569. The number of nitrogens with zero attached hydrogens (tertiary/aromatic N) is 4. The number of rotatable bonds is 4. The van der Waals surface area contributed by atoms with E-state index < -0.39 is 0 Å². The van der Waals surface area contributed by atoms with E-state index in [0.29, 0.717) is 18.2 Å². The first-order chi connectivity index (χ1) is 8.70. The lowest BCUT2D eigenvalue weighted by atomic mass is 10.4. The monoisotopic (exact) mass is 250 g/mol. The number of hydrazine groups is 1. The van der Waals surface area contributed by atoms with E-state index in [1.165, 1.54) is 6.33 Å². The maximum atomic E-state index is 12.0. The molecule has 18 heavy (non-hydrogen) atoms. The number of hydrogen-bond donors (Lipinski definition) is 2. The summed E-state index contributed by atoms with van der Waals surface area (Å²) in [5.41, 5.74) is 2.46. The van der Waals surface area contributed by atoms with Crippen LogP contribution in [-0.2, 0) is 4.79 Å². The van der Waals surface area contributed by atoms with Crippen LogP contribution in [0.1, 0.15) is 12.8 Å². The van der Waals surface area contributed by atoms with Crippen molar-refractivity contribution in [2.45, 2.75) is 12.8 Å². The van der Waals surface area contributed by atoms with Crippen molar-refractivity contribution in [3.63, 3.8) is 0 Å². The molecule has 0 atom stereocenters. The van der Waals surface area contributed by atoms with E-state index in [1.54, 1.807) is 11.0 Å². The molecule has 3 N–H and O–H groups in total. The summed E-state index contributed by atoms with van der Waals surface area (Å²) in [6.45, 7) is 2.05. The predicted molar refractivity (Wildman–Crippen MR) is 68.9 cm³/mol. The third kappa shape index (κ3) is 2.86. The molecule has 1 fully saturated rings. The fourth-order valence-electron chi connectivity index (χ4n) is 1.99. The Balaban J connectivity index is 1.97. The molecular formula is C11H18N6O. The summed E-state index contributed by atoms with van der Waals surface area (Å²) in [7, 11) is 1.83. The minimum absolute atomic E-state index is 0.135. The highest BCUT2D eigenvalue weighted by Crippen LogP contribution is 2.13. The zero-order valence-corrected chi connectivity index (χ0v) is 10.5. The Hall–Kier alpha value is -1.89. The van der Waals surface area contributed by atoms with Crippen LogP contribution in [-0.4, -0.2) is 47.5 Å². The van der Waals surface area contributed by atoms with Crippen molar-refractivity contribution in [1.29, 1.82) is 0 Å². The summed E-state index contributed by atoms with van der Waals surface area (Å²) < 4.78 is 0. The number of carbonyl (C=O) groups is 1. The van der Waals surface area contributed by atoms with Gasteiger partial charge in [-0.25, -0.2) is 15.8 Å². The van der Waals surface area contributed by atoms with Crippen LogP contribution >= 0.6 is 0 Å². The first kappa shape index (κ1) is 12.6. The standard InChI is InChI=1S/C11H18N6O/c1-16(7-11(18)17-4-2-3-5-17)10-6-9(15-12)13-8-14-10/h6,8H,2-5,7,12H2,1H3,(H,13,14,15). The first-order valence-electron chi connectivity index (χ1n) is 5.98. The van der Waals surface area contributed by atoms with Crippen molar-refractivity contribution in [3.05, 3.63) is 12.4 Å². The lowest BCUT2D eigenvalue weighted by Gasteiger charge is -2.22. The number of carbonyl (C=O) groups excluding carboxylic acids is 1. The molecule has 0 aromatic carbocycles. The molecule has 1 aromatic heterocycles. The molecule has 1 amide bonds. The molecule has 1 saturated heterocycles. The molecule has 2 rings (SSSR count). The van der Waals surface area contributed by atoms with Crippen LogP contribution in [0.4, 0.5) is 11.6 Å². The van der Waals surface area contributed by atoms with E-state index >= 15 is 0 Å². The lowest BCUT2D eigenvalue weighted by molar-refractivity contribution is -0.128. The lowest BCUT2D eigenvalue weighted by Crippen LogP contribution is -2.37. The van der Waals surface area contributed by atoms with Crippen LogP contribution in [0.3, 0.4) is 0 Å². The number of anilines is 2. The molecule has 0 bridgehead atoms. The second-order valence-electron chi connectivity index (χ2n) is 4.35. The summed E-state index contributed by atoms with van der Waals surface area (Å²) in [5, 5.41) is 0. The number of hydrogen-bond acceptors (Lipinski definition) is 6. The van der Waals surface area contributed by atoms with Gasteiger partial charge in [-0.3, -0.25) is 4.79 Å². The molecule has 7 nitrogen and oxygen atoms in total. The normalized spacial score (nSPS) is 14.7. The van der Waals surface area contributed by atoms with Crippen molar-refractivity contribution < 1.29 is 4.79 Å². The smallest absolute Gasteiger partial charge is 0.242 e. The number of likely N-dealkylation sites (N-methyl/N-ethyl adjacent to an activating group) is 1. The molecule has 1 aliphatic heterocycles. The Morgan fingerprint density at radius 1 is 1.50 bits per heavy atom. The van der Waals surface area contributed by atoms with Gasteiger partial charge in [0.15, 0.2) is 0 Å². The molecule has 0 radical (unpaired) electrons. The zero-order chi connectivity index (χ0) is 13.0. The number of amides is 1. The van der Waals surface area contributed by atoms with Gasteiger partial charge in [0.25, 0.3) is 0 Å². The molecular weight excluding hydrogens is 232 g/mol. The van der Waals surface area contributed by atoms with E-state index in [0.717, 1.165) is 25.9 Å². The van der Waals surface area contributed by atoms with Gasteiger partial charge in [0, 0.05) is 26.2 Å². The number of aromatic nitrogens is 2. The van der Waals surface area contributed by atoms with Crippen molar-refractivity contribution in [3.8, 4) is 0 Å². The minimum atomic E-state index is 0.135. The molecule has 0 unspecified atom stereocenters. The van der Waals surface area contributed by atoms with Gasteiger partial charge < -0.3 is 15.2 Å². The average molecular weight is 250 g/mol. The molecule has 98 valence electrons. The summed E-state index contributed by atoms with van der Waals surface area (Å²) >= 11 is 0. The fraction of sp³-hybridized carbons (Fsp3) is 0.545. The van der Waals surface area contributed by atoms with Gasteiger partial charge in [-0.05, 0) is 12.8 Å². The second-order valence-corrected chi connectivity index (χ2v) is 4.35. The summed E-state index contributed by atoms with van der Waals surface area (Å²) in [6.07, 6.45) is 3.62. The SMILES string of the molecule is CN(CC(=O)N1CCCC1)c1cc(NN)ncn1. The largest absolute Gasteiger partial charge is 0.350 e. The Labute approximate surface area is 106 Å². The van der Waals surface area contributed by atoms with E-state index in [-0.39, 0.29) is 5.91 Å². The van der Waals surface area contributed by atoms with Crippen LogP contribution in [0.2, 0.25) is 0 Å². The van der Waals surface area contributed by atoms with Gasteiger partial charge in [0.1, 0.15) is 18.0 Å². The van der Waals surface area contributed by atoms with Gasteiger partial charge in [-0.15, -0.1) is 0 Å². The van der Waals surface area contributed by atoms with Gasteiger partial charge >= 0.3 is 0 Å². The molecule has 0 spiro atoms. The molecule has 1 aliphatic rings. The predicted octanol–water partition coefficient (Wildman–Crippen LogP) is -0.179. The Kier molecular flexibility index (Phi) is 3.93. The number of nitrogens with two attached hydrogens (primary N) is 1. The summed E-state index contributed by atoms with van der Waals surface area (Å²) in [4.78, 5) is 23.7. The molecule has 2 heterocycles. The highest BCUT2D eigenvalue weighted by molar-refractivity contribution is 5.81. The van der Waals surface area contributed by atoms with E-state index in [4.69, 9.17) is 5.84 Å². The van der Waals surface area contributed by atoms with Crippen molar-refractivity contribution in [2.24, 2.45) is 5.84 Å². The molecule has 7 heteroatoms. The number of nitrogens with one attached hydrogen (secondary N) is 1. The molecule has 0 saturated carbocycles. The van der Waals surface area contributed by atoms with Gasteiger partial charge in [0.2, 0.25) is 5.91 Å². The van der Waals surface area contributed by atoms with E-state index in [9.17, 15) is 4.79 Å². The minimum Gasteiger partial charge on any atom is -0.350 e. The number of nitrogen functional groups attached to an aromatic ring is 1. The zero-order valence-electron chi connectivity index (χ0n) is 10.5. The van der Waals surface area contributed by atoms with Crippen LogP contribution in [0, 0.1) is 0 Å². The van der Waals surface area contributed by atoms with E-state index in [2.05, 4.69) is 15.4 Å². The van der Waals surface area contributed by atoms with Crippen LogP contribution in [0.15, 0.2) is 12.4 Å². The topological polar surface area (TPSA) is 87.4 Å². The highest BCUT2D eigenvalue weighted by Gasteiger charge is 2.19. The fourth-order valence-corrected chi connectivity index (χ4v) is 1.99. The third-order valence-corrected chi connectivity index (χ3v) is 3.02. The summed E-state index contributed by atoms with van der Waals surface area (Å²) in [5.74, 6) is 6.62. The molecule has 0 aliphatic carbocycles. The maximum absolute atomic E-state index is 12.0. The highest BCUT2D eigenvalue weighted by atomic mass is 16.2. The van der Waals surface area contributed by atoms with E-state index in [1.807, 2.05) is 11.9 Å². The molecule has 1 aromatic rings. The Morgan fingerprint density at radius 2 is 2.22 bits per heavy atom. The van der Waals surface area contributed by atoms with Crippen molar-refractivity contribution in [1.82, 2.24) is 14.9 Å². The van der Waals surface area contributed by atoms with Crippen molar-refractivity contribution >= 4 is 17.5 Å².